The molecule has 0 aliphatic carbocycles. The van der Waals surface area contributed by atoms with Crippen molar-refractivity contribution in [2.75, 3.05) is 19.6 Å². The number of aromatic nitrogens is 1. The minimum absolute atomic E-state index is 0.0576. The van der Waals surface area contributed by atoms with E-state index < -0.39 is 0 Å². The van der Waals surface area contributed by atoms with Gasteiger partial charge in [0.2, 0.25) is 5.91 Å². The number of pyridine rings is 1. The maximum Gasteiger partial charge on any atom is 0.253 e. The molecular formula is C20H25N3O2. The fraction of sp³-hybridized carbons (Fsp3) is 0.400. The highest BCUT2D eigenvalue weighted by molar-refractivity contribution is 5.75. The Balaban J connectivity index is 1.65. The van der Waals surface area contributed by atoms with E-state index in [0.29, 0.717) is 12.1 Å². The van der Waals surface area contributed by atoms with Crippen LogP contribution in [-0.4, -0.2) is 35.0 Å². The molecule has 1 unspecified atom stereocenters. The van der Waals surface area contributed by atoms with Crippen LogP contribution in [0.1, 0.15) is 30.0 Å². The number of carbonyl (C=O) groups excluding carboxylic acids is 1. The number of nitrogens with one attached hydrogen (secondary N) is 1. The number of hydrogen-bond acceptors (Lipinski definition) is 3. The average Bonchev–Trinajstić information content (AvgIpc) is 3.14. The van der Waals surface area contributed by atoms with E-state index >= 15 is 0 Å². The van der Waals surface area contributed by atoms with Crippen LogP contribution in [0.2, 0.25) is 0 Å². The first-order valence-electron chi connectivity index (χ1n) is 8.87. The van der Waals surface area contributed by atoms with Gasteiger partial charge in [-0.15, -0.1) is 0 Å². The van der Waals surface area contributed by atoms with E-state index in [2.05, 4.69) is 22.3 Å². The molecule has 0 spiro atoms. The van der Waals surface area contributed by atoms with Crippen LogP contribution in [0.4, 0.5) is 0 Å². The summed E-state index contributed by atoms with van der Waals surface area (Å²) < 4.78 is 1.46. The number of carbonyl (C=O) groups is 1. The molecule has 1 saturated heterocycles. The van der Waals surface area contributed by atoms with Gasteiger partial charge in [0.15, 0.2) is 0 Å². The van der Waals surface area contributed by atoms with E-state index in [-0.39, 0.29) is 24.1 Å². The van der Waals surface area contributed by atoms with Gasteiger partial charge in [-0.05, 0) is 44.5 Å². The number of rotatable bonds is 6. The molecule has 2 heterocycles. The normalized spacial score (nSPS) is 15.9. The van der Waals surface area contributed by atoms with Crippen molar-refractivity contribution < 1.29 is 4.79 Å². The second-order valence-corrected chi connectivity index (χ2v) is 6.60. The van der Waals surface area contributed by atoms with E-state index in [1.165, 1.54) is 23.0 Å². The van der Waals surface area contributed by atoms with Crippen molar-refractivity contribution in [1.29, 1.82) is 0 Å². The lowest BCUT2D eigenvalue weighted by Gasteiger charge is -2.28. The fourth-order valence-electron chi connectivity index (χ4n) is 3.39. The van der Waals surface area contributed by atoms with Crippen molar-refractivity contribution in [3.63, 3.8) is 0 Å². The second-order valence-electron chi connectivity index (χ2n) is 6.60. The predicted octanol–water partition coefficient (Wildman–Crippen LogP) is 2.11. The zero-order valence-corrected chi connectivity index (χ0v) is 14.6. The maximum atomic E-state index is 12.3. The molecule has 25 heavy (non-hydrogen) atoms. The zero-order chi connectivity index (χ0) is 17.6. The summed E-state index contributed by atoms with van der Waals surface area (Å²) in [5, 5.41) is 3.01. The summed E-state index contributed by atoms with van der Waals surface area (Å²) in [7, 11) is 0. The van der Waals surface area contributed by atoms with Gasteiger partial charge in [-0.3, -0.25) is 14.5 Å². The Bertz CT molecular complexity index is 764. The highest BCUT2D eigenvalue weighted by atomic mass is 16.2. The molecule has 1 amide bonds. The molecule has 1 atom stereocenters. The lowest BCUT2D eigenvalue weighted by molar-refractivity contribution is -0.122. The van der Waals surface area contributed by atoms with Gasteiger partial charge < -0.3 is 9.88 Å². The third kappa shape index (κ3) is 4.37. The van der Waals surface area contributed by atoms with Crippen LogP contribution in [0.25, 0.3) is 0 Å². The smallest absolute Gasteiger partial charge is 0.253 e. The number of likely N-dealkylation sites (tertiary alicyclic amines) is 1. The van der Waals surface area contributed by atoms with Crippen molar-refractivity contribution in [1.82, 2.24) is 14.8 Å². The molecule has 0 radical (unpaired) electrons. The molecule has 1 aliphatic rings. The van der Waals surface area contributed by atoms with Crippen molar-refractivity contribution >= 4 is 5.91 Å². The summed E-state index contributed by atoms with van der Waals surface area (Å²) in [6, 6.07) is 14.0. The minimum atomic E-state index is -0.132. The Hall–Kier alpha value is -2.40. The molecule has 1 N–H and O–H groups in total. The van der Waals surface area contributed by atoms with Gasteiger partial charge in [0.1, 0.15) is 6.54 Å². The van der Waals surface area contributed by atoms with Crippen LogP contribution in [0.15, 0.2) is 53.5 Å². The Kier molecular flexibility index (Phi) is 5.66. The topological polar surface area (TPSA) is 54.3 Å². The predicted molar refractivity (Wildman–Crippen MR) is 98.4 cm³/mol. The van der Waals surface area contributed by atoms with Gasteiger partial charge in [0.25, 0.3) is 5.56 Å². The monoisotopic (exact) mass is 339 g/mol. The summed E-state index contributed by atoms with van der Waals surface area (Å²) in [4.78, 5) is 26.8. The van der Waals surface area contributed by atoms with E-state index in [0.717, 1.165) is 13.1 Å². The van der Waals surface area contributed by atoms with Gasteiger partial charge in [0, 0.05) is 18.3 Å². The standard InChI is InChI=1S/C20H25N3O2/c1-16-8-7-13-23(20(16)25)15-19(24)21-14-18(22-11-5-6-12-22)17-9-3-2-4-10-17/h2-4,7-10,13,18H,5-6,11-12,14-15H2,1H3,(H,21,24). The lowest BCUT2D eigenvalue weighted by Crippen LogP contribution is -2.39. The van der Waals surface area contributed by atoms with Crippen LogP contribution < -0.4 is 10.9 Å². The van der Waals surface area contributed by atoms with Crippen LogP contribution in [-0.2, 0) is 11.3 Å². The van der Waals surface area contributed by atoms with Gasteiger partial charge >= 0.3 is 0 Å². The summed E-state index contributed by atoms with van der Waals surface area (Å²) in [6.07, 6.45) is 4.07. The van der Waals surface area contributed by atoms with Crippen LogP contribution >= 0.6 is 0 Å². The highest BCUT2D eigenvalue weighted by Gasteiger charge is 2.23. The molecule has 0 saturated carbocycles. The lowest BCUT2D eigenvalue weighted by atomic mass is 10.1. The number of benzene rings is 1. The first-order chi connectivity index (χ1) is 12.1. The largest absolute Gasteiger partial charge is 0.353 e. The first kappa shape index (κ1) is 17.4. The number of aryl methyl sites for hydroxylation is 1. The van der Waals surface area contributed by atoms with Gasteiger partial charge in [-0.1, -0.05) is 36.4 Å². The van der Waals surface area contributed by atoms with Gasteiger partial charge in [-0.25, -0.2) is 0 Å². The fourth-order valence-corrected chi connectivity index (χ4v) is 3.39. The zero-order valence-electron chi connectivity index (χ0n) is 14.6. The molecule has 132 valence electrons. The van der Waals surface area contributed by atoms with E-state index in [9.17, 15) is 9.59 Å². The molecule has 1 fully saturated rings. The molecule has 2 aromatic rings. The van der Waals surface area contributed by atoms with Crippen LogP contribution in [0, 0.1) is 6.92 Å². The molecule has 0 bridgehead atoms. The third-order valence-corrected chi connectivity index (χ3v) is 4.78. The van der Waals surface area contributed by atoms with Crippen LogP contribution in [0.5, 0.6) is 0 Å². The maximum absolute atomic E-state index is 12.3. The Morgan fingerprint density at radius 3 is 2.56 bits per heavy atom. The van der Waals surface area contributed by atoms with Gasteiger partial charge in [-0.2, -0.15) is 0 Å². The van der Waals surface area contributed by atoms with Crippen LogP contribution in [0.3, 0.4) is 0 Å². The first-order valence-corrected chi connectivity index (χ1v) is 8.87. The Morgan fingerprint density at radius 2 is 1.84 bits per heavy atom. The van der Waals surface area contributed by atoms with E-state index in [1.54, 1.807) is 25.3 Å². The van der Waals surface area contributed by atoms with Crippen molar-refractivity contribution in [2.45, 2.75) is 32.4 Å². The molecule has 5 heteroatoms. The summed E-state index contributed by atoms with van der Waals surface area (Å²) in [5.74, 6) is -0.132. The van der Waals surface area contributed by atoms with Crippen molar-refractivity contribution in [3.8, 4) is 0 Å². The number of nitrogens with zero attached hydrogens (tertiary/aromatic N) is 2. The molecule has 3 rings (SSSR count). The van der Waals surface area contributed by atoms with E-state index in [4.69, 9.17) is 0 Å². The summed E-state index contributed by atoms with van der Waals surface area (Å²) >= 11 is 0. The Labute approximate surface area is 148 Å². The number of amides is 1. The third-order valence-electron chi connectivity index (χ3n) is 4.78. The summed E-state index contributed by atoms with van der Waals surface area (Å²) in [5.41, 5.74) is 1.75. The SMILES string of the molecule is Cc1cccn(CC(=O)NCC(c2ccccc2)N2CCCC2)c1=O. The molecular weight excluding hydrogens is 314 g/mol. The summed E-state index contributed by atoms with van der Waals surface area (Å²) in [6.45, 7) is 4.50. The van der Waals surface area contributed by atoms with Crippen molar-refractivity contribution in [3.05, 3.63) is 70.1 Å². The Morgan fingerprint density at radius 1 is 1.12 bits per heavy atom. The second kappa shape index (κ2) is 8.12. The average molecular weight is 339 g/mol. The van der Waals surface area contributed by atoms with Crippen molar-refractivity contribution in [2.24, 2.45) is 0 Å². The molecule has 5 nitrogen and oxygen atoms in total. The molecule has 1 aromatic heterocycles. The molecule has 1 aliphatic heterocycles. The highest BCUT2D eigenvalue weighted by Crippen LogP contribution is 2.24. The quantitative estimate of drug-likeness (QED) is 0.877. The number of hydrogen-bond donors (Lipinski definition) is 1. The minimum Gasteiger partial charge on any atom is -0.353 e. The molecule has 1 aromatic carbocycles. The van der Waals surface area contributed by atoms with Gasteiger partial charge in [0.05, 0.1) is 6.04 Å². The van der Waals surface area contributed by atoms with E-state index in [1.807, 2.05) is 18.2 Å².